The van der Waals surface area contributed by atoms with E-state index >= 15 is 0 Å². The Balaban J connectivity index is 1.59. The molecule has 0 spiro atoms. The predicted octanol–water partition coefficient (Wildman–Crippen LogP) is 4.66. The van der Waals surface area contributed by atoms with E-state index in [4.69, 9.17) is 4.74 Å². The van der Waals surface area contributed by atoms with Gasteiger partial charge in [0.1, 0.15) is 28.2 Å². The molecule has 3 atom stereocenters. The first-order valence-electron chi connectivity index (χ1n) is 13.9. The number of sulfone groups is 1. The van der Waals surface area contributed by atoms with Gasteiger partial charge in [-0.3, -0.25) is 9.69 Å². The highest BCUT2D eigenvalue weighted by Gasteiger charge is 2.32. The molecule has 3 aromatic rings. The highest BCUT2D eigenvalue weighted by Crippen LogP contribution is 2.32. The number of aliphatic carboxylic acids is 1. The van der Waals surface area contributed by atoms with E-state index in [1.165, 1.54) is 0 Å². The number of thioether (sulfide) groups is 1. The van der Waals surface area contributed by atoms with E-state index in [2.05, 4.69) is 16.5 Å². The Bertz CT molecular complexity index is 1500. The third-order valence-corrected chi connectivity index (χ3v) is 9.52. The molecule has 1 heterocycles. The first-order valence-corrected chi connectivity index (χ1v) is 17.2. The molecule has 0 aliphatic carbocycles. The fourth-order valence-corrected chi connectivity index (χ4v) is 6.65. The Kier molecular flexibility index (Phi) is 10.7. The average Bonchev–Trinajstić information content (AvgIpc) is 3.35. The van der Waals surface area contributed by atoms with Crippen LogP contribution in [0.1, 0.15) is 34.3 Å². The summed E-state index contributed by atoms with van der Waals surface area (Å²) >= 11 is 1.86. The van der Waals surface area contributed by atoms with Crippen molar-refractivity contribution in [3.8, 4) is 16.9 Å². The van der Waals surface area contributed by atoms with Gasteiger partial charge in [0.15, 0.2) is 0 Å². The van der Waals surface area contributed by atoms with Gasteiger partial charge in [-0.25, -0.2) is 13.2 Å². The van der Waals surface area contributed by atoms with Crippen LogP contribution in [0.25, 0.3) is 11.1 Å². The molecule has 1 aliphatic heterocycles. The predicted molar refractivity (Wildman–Crippen MR) is 168 cm³/mol. The molecule has 0 aromatic heterocycles. The van der Waals surface area contributed by atoms with Crippen LogP contribution >= 0.6 is 11.8 Å². The van der Waals surface area contributed by atoms with E-state index in [-0.39, 0.29) is 18.2 Å². The van der Waals surface area contributed by atoms with Gasteiger partial charge in [0.05, 0.1) is 5.75 Å². The van der Waals surface area contributed by atoms with Gasteiger partial charge in [0, 0.05) is 36.2 Å². The van der Waals surface area contributed by atoms with E-state index in [1.807, 2.05) is 85.4 Å². The summed E-state index contributed by atoms with van der Waals surface area (Å²) in [6.07, 6.45) is 3.98. The fourth-order valence-electron chi connectivity index (χ4n) is 5.23. The molecule has 224 valence electrons. The number of hydrogen-bond acceptors (Lipinski definition) is 7. The summed E-state index contributed by atoms with van der Waals surface area (Å²) in [7, 11) is -3.39. The van der Waals surface area contributed by atoms with Crippen molar-refractivity contribution in [1.82, 2.24) is 10.2 Å². The largest absolute Gasteiger partial charge is 0.492 e. The number of para-hydroxylation sites is 1. The van der Waals surface area contributed by atoms with Crippen LogP contribution < -0.4 is 10.1 Å². The standard InChI is InChI=1S/C32H38N2O6S2/c1-22-9-7-8-12-27(22)29-17-23(13-14-28(29)31(35)33-30(32(36)37)15-16-42(3,38)39)19-34-20-26(41-2)18-24(34)21-40-25-10-5-4-6-11-25/h4-14,17,24,26,30H,15-16,18-21H2,1-3H3,(H,33,35)(H,36,37)/t24?,26-,30+/m1/s1. The van der Waals surface area contributed by atoms with Crippen molar-refractivity contribution in [1.29, 1.82) is 0 Å². The van der Waals surface area contributed by atoms with Gasteiger partial charge in [-0.2, -0.15) is 11.8 Å². The van der Waals surface area contributed by atoms with Gasteiger partial charge in [-0.1, -0.05) is 48.5 Å². The van der Waals surface area contributed by atoms with Gasteiger partial charge in [0.25, 0.3) is 5.91 Å². The summed E-state index contributed by atoms with van der Waals surface area (Å²) in [5, 5.41) is 12.7. The molecule has 42 heavy (non-hydrogen) atoms. The summed E-state index contributed by atoms with van der Waals surface area (Å²) in [6.45, 7) is 4.14. The molecule has 3 aromatic carbocycles. The summed E-state index contributed by atoms with van der Waals surface area (Å²) in [6, 6.07) is 22.1. The van der Waals surface area contributed by atoms with Crippen molar-refractivity contribution in [2.45, 2.75) is 43.6 Å². The first kappa shape index (κ1) is 31.6. The van der Waals surface area contributed by atoms with Crippen molar-refractivity contribution >= 4 is 33.5 Å². The van der Waals surface area contributed by atoms with Gasteiger partial charge in [-0.15, -0.1) is 0 Å². The van der Waals surface area contributed by atoms with Gasteiger partial charge < -0.3 is 15.2 Å². The van der Waals surface area contributed by atoms with E-state index in [0.29, 0.717) is 29.5 Å². The van der Waals surface area contributed by atoms with Crippen molar-refractivity contribution in [3.05, 3.63) is 89.5 Å². The summed E-state index contributed by atoms with van der Waals surface area (Å²) in [4.78, 5) is 27.7. The van der Waals surface area contributed by atoms with Crippen molar-refractivity contribution in [3.63, 3.8) is 0 Å². The van der Waals surface area contributed by atoms with Gasteiger partial charge in [0.2, 0.25) is 0 Å². The Morgan fingerprint density at radius 1 is 1.07 bits per heavy atom. The zero-order valence-electron chi connectivity index (χ0n) is 24.2. The SMILES string of the molecule is CS[C@@H]1CC(COc2ccccc2)N(Cc2ccc(C(=O)N[C@@H](CCS(C)(=O)=O)C(=O)O)c(-c3ccccc3C)c2)C1. The number of nitrogens with zero attached hydrogens (tertiary/aromatic N) is 1. The maximum Gasteiger partial charge on any atom is 0.326 e. The number of rotatable bonds is 13. The molecule has 0 radical (unpaired) electrons. The Morgan fingerprint density at radius 2 is 1.79 bits per heavy atom. The number of benzene rings is 3. The lowest BCUT2D eigenvalue weighted by Gasteiger charge is -2.25. The Labute approximate surface area is 252 Å². The second kappa shape index (κ2) is 14.2. The average molecular weight is 611 g/mol. The molecule has 0 saturated carbocycles. The van der Waals surface area contributed by atoms with Crippen LogP contribution in [0.15, 0.2) is 72.8 Å². The molecular weight excluding hydrogens is 572 g/mol. The normalized spacial score (nSPS) is 18.0. The second-order valence-corrected chi connectivity index (χ2v) is 14.2. The zero-order valence-corrected chi connectivity index (χ0v) is 25.8. The number of carboxylic acids is 1. The summed E-state index contributed by atoms with van der Waals surface area (Å²) in [5.41, 5.74) is 3.93. The molecule has 1 fully saturated rings. The maximum atomic E-state index is 13.4. The van der Waals surface area contributed by atoms with Crippen molar-refractivity contribution in [2.75, 3.05) is 31.4 Å². The highest BCUT2D eigenvalue weighted by atomic mass is 32.2. The van der Waals surface area contributed by atoms with Gasteiger partial charge >= 0.3 is 5.97 Å². The number of likely N-dealkylation sites (tertiary alicyclic amines) is 1. The maximum absolute atomic E-state index is 13.4. The van der Waals surface area contributed by atoms with E-state index in [1.54, 1.807) is 6.07 Å². The monoisotopic (exact) mass is 610 g/mol. The minimum atomic E-state index is -3.39. The molecule has 4 rings (SSSR count). The number of hydrogen-bond donors (Lipinski definition) is 2. The molecule has 10 heteroatoms. The lowest BCUT2D eigenvalue weighted by molar-refractivity contribution is -0.139. The lowest BCUT2D eigenvalue weighted by Crippen LogP contribution is -2.42. The zero-order chi connectivity index (χ0) is 30.3. The van der Waals surface area contributed by atoms with Crippen LogP contribution in [0, 0.1) is 6.92 Å². The molecule has 1 amide bonds. The topological polar surface area (TPSA) is 113 Å². The highest BCUT2D eigenvalue weighted by molar-refractivity contribution is 7.99. The third kappa shape index (κ3) is 8.59. The van der Waals surface area contributed by atoms with E-state index in [0.717, 1.165) is 41.7 Å². The number of carbonyl (C=O) groups excluding carboxylic acids is 1. The van der Waals surface area contributed by atoms with Crippen molar-refractivity contribution < 1.29 is 27.9 Å². The van der Waals surface area contributed by atoms with Crippen LogP contribution in [0.5, 0.6) is 5.75 Å². The molecule has 8 nitrogen and oxygen atoms in total. The molecule has 2 N–H and O–H groups in total. The molecule has 1 saturated heterocycles. The van der Waals surface area contributed by atoms with Crippen LogP contribution in [0.4, 0.5) is 0 Å². The number of amides is 1. The molecule has 1 aliphatic rings. The third-order valence-electron chi connectivity index (χ3n) is 7.54. The van der Waals surface area contributed by atoms with Crippen LogP contribution in [0.3, 0.4) is 0 Å². The quantitative estimate of drug-likeness (QED) is 0.287. The minimum absolute atomic E-state index is 0.213. The summed E-state index contributed by atoms with van der Waals surface area (Å²) in [5.74, 6) is -1.32. The van der Waals surface area contributed by atoms with E-state index < -0.39 is 27.8 Å². The smallest absolute Gasteiger partial charge is 0.326 e. The van der Waals surface area contributed by atoms with Crippen LogP contribution in [-0.2, 0) is 21.2 Å². The molecule has 1 unspecified atom stereocenters. The Morgan fingerprint density at radius 3 is 2.45 bits per heavy atom. The van der Waals surface area contributed by atoms with Crippen LogP contribution in [-0.4, -0.2) is 79.1 Å². The van der Waals surface area contributed by atoms with Crippen LogP contribution in [0.2, 0.25) is 0 Å². The fraction of sp³-hybridized carbons (Fsp3) is 0.375. The molecule has 0 bridgehead atoms. The first-order chi connectivity index (χ1) is 20.0. The second-order valence-electron chi connectivity index (χ2n) is 10.8. The number of aryl methyl sites for hydroxylation is 1. The van der Waals surface area contributed by atoms with E-state index in [9.17, 15) is 23.1 Å². The van der Waals surface area contributed by atoms with Crippen molar-refractivity contribution in [2.24, 2.45) is 0 Å². The van der Waals surface area contributed by atoms with Gasteiger partial charge in [-0.05, 0) is 72.5 Å². The number of nitrogens with one attached hydrogen (secondary N) is 1. The Hall–Kier alpha value is -3.34. The number of carboxylic acid groups (broad SMARTS) is 1. The number of carbonyl (C=O) groups is 2. The minimum Gasteiger partial charge on any atom is -0.492 e. The number of ether oxygens (including phenoxy) is 1. The summed E-state index contributed by atoms with van der Waals surface area (Å²) < 4.78 is 29.4. The lowest BCUT2D eigenvalue weighted by atomic mass is 9.93. The molecular formula is C32H38N2O6S2.